The van der Waals surface area contributed by atoms with E-state index in [2.05, 4.69) is 27.7 Å². The molecule has 3 aliphatic rings. The highest BCUT2D eigenvalue weighted by atomic mass is 16.5. The summed E-state index contributed by atoms with van der Waals surface area (Å²) in [6, 6.07) is 0. The Labute approximate surface area is 217 Å². The van der Waals surface area contributed by atoms with Crippen molar-refractivity contribution in [3.8, 4) is 0 Å². The smallest absolute Gasteiger partial charge is 0.330 e. The lowest BCUT2D eigenvalue weighted by molar-refractivity contribution is -0.206. The summed E-state index contributed by atoms with van der Waals surface area (Å²) in [5.74, 6) is 0.117. The molecule has 7 unspecified atom stereocenters. The van der Waals surface area contributed by atoms with E-state index in [4.69, 9.17) is 9.47 Å². The minimum absolute atomic E-state index is 0.0264. The fourth-order valence-corrected chi connectivity index (χ4v) is 7.68. The number of carbonyl (C=O) groups excluding carboxylic acids is 2. The van der Waals surface area contributed by atoms with E-state index >= 15 is 0 Å². The van der Waals surface area contributed by atoms with Gasteiger partial charge in [0.15, 0.2) is 0 Å². The minimum Gasteiger partial charge on any atom is -0.462 e. The van der Waals surface area contributed by atoms with E-state index in [0.29, 0.717) is 25.5 Å². The van der Waals surface area contributed by atoms with Crippen LogP contribution in [0.3, 0.4) is 0 Å². The molecule has 7 nitrogen and oxygen atoms in total. The molecule has 0 heterocycles. The Hall–Kier alpha value is -1.44. The van der Waals surface area contributed by atoms with E-state index in [1.807, 2.05) is 19.0 Å². The molecular weight excluding hydrogens is 458 g/mol. The summed E-state index contributed by atoms with van der Waals surface area (Å²) < 4.78 is 11.3. The first-order chi connectivity index (χ1) is 16.6. The summed E-state index contributed by atoms with van der Waals surface area (Å²) in [5.41, 5.74) is -0.274. The van der Waals surface area contributed by atoms with E-state index in [-0.39, 0.29) is 53.0 Å². The summed E-state index contributed by atoms with van der Waals surface area (Å²) in [7, 11) is 3.89. The zero-order valence-corrected chi connectivity index (χ0v) is 23.7. The van der Waals surface area contributed by atoms with Crippen LogP contribution in [0.5, 0.6) is 0 Å². The van der Waals surface area contributed by atoms with Crippen LogP contribution in [0, 0.1) is 34.5 Å². The number of ether oxygens (including phenoxy) is 2. The van der Waals surface area contributed by atoms with Gasteiger partial charge < -0.3 is 24.6 Å². The van der Waals surface area contributed by atoms with Crippen LogP contribution in [0.25, 0.3) is 0 Å². The van der Waals surface area contributed by atoms with Crippen molar-refractivity contribution in [2.24, 2.45) is 34.5 Å². The number of allylic oxidation sites excluding steroid dienone is 1. The molecule has 0 radical (unpaired) electrons. The van der Waals surface area contributed by atoms with Crippen molar-refractivity contribution in [1.29, 1.82) is 0 Å². The molecule has 36 heavy (non-hydrogen) atoms. The van der Waals surface area contributed by atoms with Crippen molar-refractivity contribution in [2.45, 2.75) is 97.9 Å². The average Bonchev–Trinajstić information content (AvgIpc) is 2.72. The maximum absolute atomic E-state index is 12.5. The second kappa shape index (κ2) is 10.7. The van der Waals surface area contributed by atoms with Crippen molar-refractivity contribution in [3.63, 3.8) is 0 Å². The number of hydrogen-bond donors (Lipinski definition) is 2. The van der Waals surface area contributed by atoms with Crippen LogP contribution in [-0.2, 0) is 19.1 Å². The third-order valence-electron chi connectivity index (χ3n) is 9.55. The first-order valence-electron chi connectivity index (χ1n) is 13.7. The predicted molar refractivity (Wildman–Crippen MR) is 139 cm³/mol. The third kappa shape index (κ3) is 6.16. The van der Waals surface area contributed by atoms with Gasteiger partial charge in [-0.25, -0.2) is 4.79 Å². The lowest BCUT2D eigenvalue weighted by Gasteiger charge is -2.64. The number of carbonyl (C=O) groups is 2. The SMILES string of the molecule is CC1C(=CC(=O)OCCN(C)C)CCC2C1C(O)CC1C(C)(C)C(OC(=O)CC(C)(C)O)CCC21C. The van der Waals surface area contributed by atoms with Gasteiger partial charge in [-0.1, -0.05) is 33.3 Å². The quantitative estimate of drug-likeness (QED) is 0.398. The molecular formula is C29H49NO6. The van der Waals surface area contributed by atoms with Crippen LogP contribution < -0.4 is 0 Å². The number of likely N-dealkylation sites (N-methyl/N-ethyl adjacent to an activating group) is 1. The highest BCUT2D eigenvalue weighted by Gasteiger charge is 2.62. The molecule has 0 aromatic carbocycles. The number of hydrogen-bond acceptors (Lipinski definition) is 7. The van der Waals surface area contributed by atoms with Gasteiger partial charge in [-0.15, -0.1) is 0 Å². The molecule has 3 aliphatic carbocycles. The Morgan fingerprint density at radius 3 is 2.47 bits per heavy atom. The molecule has 7 heteroatoms. The monoisotopic (exact) mass is 507 g/mol. The third-order valence-corrected chi connectivity index (χ3v) is 9.55. The Morgan fingerprint density at radius 2 is 1.86 bits per heavy atom. The van der Waals surface area contributed by atoms with Crippen LogP contribution in [0.15, 0.2) is 11.6 Å². The molecule has 0 spiro atoms. The predicted octanol–water partition coefficient (Wildman–Crippen LogP) is 3.96. The Morgan fingerprint density at radius 1 is 1.19 bits per heavy atom. The van der Waals surface area contributed by atoms with Gasteiger partial charge in [-0.3, -0.25) is 4.79 Å². The molecule has 206 valence electrons. The number of rotatable bonds is 7. The maximum atomic E-state index is 12.5. The first-order valence-corrected chi connectivity index (χ1v) is 13.7. The lowest BCUT2D eigenvalue weighted by Crippen LogP contribution is -2.61. The van der Waals surface area contributed by atoms with Crippen molar-refractivity contribution in [2.75, 3.05) is 27.2 Å². The topological polar surface area (TPSA) is 96.3 Å². The van der Waals surface area contributed by atoms with Gasteiger partial charge in [0.25, 0.3) is 0 Å². The average molecular weight is 508 g/mol. The van der Waals surface area contributed by atoms with Crippen LogP contribution in [0.2, 0.25) is 0 Å². The summed E-state index contributed by atoms with van der Waals surface area (Å²) in [5, 5.41) is 21.5. The number of nitrogens with zero attached hydrogens (tertiary/aromatic N) is 1. The van der Waals surface area contributed by atoms with Crippen molar-refractivity contribution >= 4 is 11.9 Å². The second-order valence-electron chi connectivity index (χ2n) is 13.4. The first kappa shape index (κ1) is 29.1. The maximum Gasteiger partial charge on any atom is 0.330 e. The summed E-state index contributed by atoms with van der Waals surface area (Å²) in [4.78, 5) is 26.9. The fourth-order valence-electron chi connectivity index (χ4n) is 7.68. The number of aliphatic hydroxyl groups excluding tert-OH is 1. The van der Waals surface area contributed by atoms with Gasteiger partial charge in [0.1, 0.15) is 12.7 Å². The minimum atomic E-state index is -1.10. The molecule has 2 N–H and O–H groups in total. The zero-order chi connectivity index (χ0) is 27.1. The Bertz CT molecular complexity index is 843. The highest BCUT2D eigenvalue weighted by Crippen LogP contribution is 2.65. The molecule has 0 amide bonds. The molecule has 3 fully saturated rings. The van der Waals surface area contributed by atoms with E-state index in [1.54, 1.807) is 19.9 Å². The van der Waals surface area contributed by atoms with E-state index in [9.17, 15) is 19.8 Å². The van der Waals surface area contributed by atoms with Crippen LogP contribution >= 0.6 is 0 Å². The van der Waals surface area contributed by atoms with Crippen LogP contribution in [0.1, 0.15) is 80.1 Å². The normalized spacial score (nSPS) is 37.2. The largest absolute Gasteiger partial charge is 0.462 e. The van der Waals surface area contributed by atoms with Gasteiger partial charge in [-0.05, 0) is 89.1 Å². The molecule has 0 aliphatic heterocycles. The van der Waals surface area contributed by atoms with E-state index in [1.165, 1.54) is 0 Å². The van der Waals surface area contributed by atoms with Crippen molar-refractivity contribution in [3.05, 3.63) is 11.6 Å². The van der Waals surface area contributed by atoms with Crippen molar-refractivity contribution in [1.82, 2.24) is 4.90 Å². The zero-order valence-electron chi connectivity index (χ0n) is 23.7. The summed E-state index contributed by atoms with van der Waals surface area (Å²) >= 11 is 0. The number of fused-ring (bicyclic) bond motifs is 3. The molecule has 0 aromatic heterocycles. The van der Waals surface area contributed by atoms with Crippen LogP contribution in [-0.4, -0.2) is 72.1 Å². The van der Waals surface area contributed by atoms with Gasteiger partial charge >= 0.3 is 11.9 Å². The van der Waals surface area contributed by atoms with Gasteiger partial charge in [0, 0.05) is 18.0 Å². The molecule has 3 rings (SSSR count). The van der Waals surface area contributed by atoms with Gasteiger partial charge in [-0.2, -0.15) is 0 Å². The molecule has 0 aromatic rings. The molecule has 0 saturated heterocycles. The molecule has 7 atom stereocenters. The fraction of sp³-hybridized carbons (Fsp3) is 0.862. The van der Waals surface area contributed by atoms with Gasteiger partial charge in [0.05, 0.1) is 18.1 Å². The van der Waals surface area contributed by atoms with E-state index < -0.39 is 11.7 Å². The standard InChI is InChI=1S/C29H49NO6/c1-18-19(15-24(32)35-14-13-30(7)8)9-10-20-26(18)21(31)16-22-28(4,5)23(11-12-29(20,22)6)36-25(33)17-27(2,3)34/h15,18,20-23,26,31,34H,9-14,16-17H2,1-8H3. The van der Waals surface area contributed by atoms with Crippen molar-refractivity contribution < 1.29 is 29.3 Å². The second-order valence-corrected chi connectivity index (χ2v) is 13.4. The lowest BCUT2D eigenvalue weighted by atomic mass is 9.42. The van der Waals surface area contributed by atoms with E-state index in [0.717, 1.165) is 31.3 Å². The van der Waals surface area contributed by atoms with Crippen LogP contribution in [0.4, 0.5) is 0 Å². The molecule has 0 bridgehead atoms. The Balaban J connectivity index is 1.74. The molecule has 3 saturated carbocycles. The number of esters is 2. The summed E-state index contributed by atoms with van der Waals surface area (Å²) in [6.45, 7) is 13.2. The summed E-state index contributed by atoms with van der Waals surface area (Å²) in [6.07, 6.45) is 5.10. The number of aliphatic hydroxyl groups is 2. The highest BCUT2D eigenvalue weighted by molar-refractivity contribution is 5.83. The Kier molecular flexibility index (Phi) is 8.69. The van der Waals surface area contributed by atoms with Gasteiger partial charge in [0.2, 0.25) is 0 Å².